The van der Waals surface area contributed by atoms with Crippen molar-refractivity contribution in [1.29, 1.82) is 0 Å². The normalized spacial score (nSPS) is 13.4. The molecule has 0 bridgehead atoms. The van der Waals surface area contributed by atoms with Crippen molar-refractivity contribution in [3.63, 3.8) is 0 Å². The van der Waals surface area contributed by atoms with Gasteiger partial charge in [-0.05, 0) is 53.8 Å². The number of nitrogens with zero attached hydrogens (tertiary/aromatic N) is 2. The van der Waals surface area contributed by atoms with E-state index in [9.17, 15) is 9.59 Å². The molecule has 1 aliphatic heterocycles. The zero-order valence-electron chi connectivity index (χ0n) is 16.4. The fourth-order valence-electron chi connectivity index (χ4n) is 3.85. The van der Waals surface area contributed by atoms with E-state index in [1.807, 2.05) is 66.0 Å². The van der Waals surface area contributed by atoms with E-state index in [1.54, 1.807) is 23.3 Å². The third-order valence-electron chi connectivity index (χ3n) is 5.42. The van der Waals surface area contributed by atoms with Gasteiger partial charge in [0.15, 0.2) is 0 Å². The van der Waals surface area contributed by atoms with Crippen LogP contribution in [0.2, 0.25) is 0 Å². The summed E-state index contributed by atoms with van der Waals surface area (Å²) in [6, 6.07) is 19.2. The number of benzene rings is 2. The van der Waals surface area contributed by atoms with Gasteiger partial charge in [-0.15, -0.1) is 11.3 Å². The van der Waals surface area contributed by atoms with Crippen LogP contribution in [0, 0.1) is 0 Å². The van der Waals surface area contributed by atoms with Gasteiger partial charge in [-0.3, -0.25) is 9.59 Å². The first-order valence-corrected chi connectivity index (χ1v) is 10.6. The van der Waals surface area contributed by atoms with Crippen LogP contribution in [-0.2, 0) is 11.2 Å². The molecular formula is C24H19N3O2S. The molecule has 2 aromatic heterocycles. The summed E-state index contributed by atoms with van der Waals surface area (Å²) in [5, 5.41) is 5.85. The minimum Gasteiger partial charge on any atom is -0.322 e. The van der Waals surface area contributed by atoms with Crippen LogP contribution < -0.4 is 10.2 Å². The maximum atomic E-state index is 13.2. The number of nitrogens with one attached hydrogen (secondary N) is 1. The number of para-hydroxylation sites is 1. The van der Waals surface area contributed by atoms with Crippen molar-refractivity contribution in [2.75, 3.05) is 17.3 Å². The van der Waals surface area contributed by atoms with Crippen LogP contribution >= 0.6 is 11.3 Å². The van der Waals surface area contributed by atoms with Gasteiger partial charge in [0.1, 0.15) is 0 Å². The average molecular weight is 414 g/mol. The molecule has 5 nitrogen and oxygen atoms in total. The van der Waals surface area contributed by atoms with Crippen LogP contribution in [0.25, 0.3) is 21.5 Å². The van der Waals surface area contributed by atoms with Crippen molar-refractivity contribution in [2.45, 2.75) is 12.8 Å². The predicted octanol–water partition coefficient (Wildman–Crippen LogP) is 5.12. The topological polar surface area (TPSA) is 62.3 Å². The number of rotatable bonds is 3. The highest BCUT2D eigenvalue weighted by Gasteiger charge is 2.21. The van der Waals surface area contributed by atoms with Crippen molar-refractivity contribution in [3.05, 3.63) is 77.2 Å². The molecule has 148 valence electrons. The molecule has 4 aromatic rings. The molecule has 0 radical (unpaired) electrons. The Kier molecular flexibility index (Phi) is 4.56. The van der Waals surface area contributed by atoms with Gasteiger partial charge < -0.3 is 10.2 Å². The lowest BCUT2D eigenvalue weighted by atomic mass is 10.0. The van der Waals surface area contributed by atoms with Crippen molar-refractivity contribution < 1.29 is 9.59 Å². The molecule has 0 aliphatic carbocycles. The molecule has 2 amide bonds. The molecule has 0 saturated heterocycles. The number of hydrogen-bond acceptors (Lipinski definition) is 4. The van der Waals surface area contributed by atoms with Crippen LogP contribution in [0.1, 0.15) is 22.3 Å². The molecular weight excluding hydrogens is 394 g/mol. The van der Waals surface area contributed by atoms with Gasteiger partial charge in [0.05, 0.1) is 21.7 Å². The monoisotopic (exact) mass is 413 g/mol. The van der Waals surface area contributed by atoms with Gasteiger partial charge in [-0.2, -0.15) is 0 Å². The number of hydrogen-bond donors (Lipinski definition) is 1. The Hall–Kier alpha value is -3.51. The zero-order valence-corrected chi connectivity index (χ0v) is 17.2. The van der Waals surface area contributed by atoms with E-state index >= 15 is 0 Å². The highest BCUT2D eigenvalue weighted by atomic mass is 32.1. The molecule has 0 unspecified atom stereocenters. The van der Waals surface area contributed by atoms with E-state index in [0.717, 1.165) is 38.4 Å². The van der Waals surface area contributed by atoms with Gasteiger partial charge in [0, 0.05) is 30.2 Å². The number of amides is 2. The first-order valence-electron chi connectivity index (χ1n) is 9.74. The molecule has 0 fully saturated rings. The molecule has 2 aromatic carbocycles. The summed E-state index contributed by atoms with van der Waals surface area (Å²) in [5.74, 6) is -0.0600. The molecule has 3 heterocycles. The Bertz CT molecular complexity index is 1280. The van der Waals surface area contributed by atoms with E-state index in [2.05, 4.69) is 5.32 Å². The maximum Gasteiger partial charge on any atom is 0.256 e. The summed E-state index contributed by atoms with van der Waals surface area (Å²) < 4.78 is 0. The van der Waals surface area contributed by atoms with Crippen molar-refractivity contribution >= 4 is 45.4 Å². The Morgan fingerprint density at radius 3 is 2.77 bits per heavy atom. The zero-order chi connectivity index (χ0) is 20.7. The number of carbonyl (C=O) groups is 2. The summed E-state index contributed by atoms with van der Waals surface area (Å²) >= 11 is 1.60. The molecule has 6 heteroatoms. The average Bonchev–Trinajstić information content (AvgIpc) is 3.30. The molecule has 1 aliphatic rings. The number of aromatic nitrogens is 1. The third kappa shape index (κ3) is 3.25. The van der Waals surface area contributed by atoms with Crippen LogP contribution in [-0.4, -0.2) is 23.8 Å². The maximum absolute atomic E-state index is 13.2. The largest absolute Gasteiger partial charge is 0.322 e. The highest BCUT2D eigenvalue weighted by molar-refractivity contribution is 7.13. The number of fused-ring (bicyclic) bond motifs is 2. The SMILES string of the molecule is CN1C(=O)CCc2cc(NC(=O)c3cc(-c4cccs4)nc4ccccc34)ccc21. The van der Waals surface area contributed by atoms with Gasteiger partial charge >= 0.3 is 0 Å². The van der Waals surface area contributed by atoms with E-state index in [1.165, 1.54) is 0 Å². The van der Waals surface area contributed by atoms with Gasteiger partial charge in [-0.1, -0.05) is 24.3 Å². The fraction of sp³-hybridized carbons (Fsp3) is 0.125. The van der Waals surface area contributed by atoms with Crippen molar-refractivity contribution in [3.8, 4) is 10.6 Å². The minimum absolute atomic E-state index is 0.114. The summed E-state index contributed by atoms with van der Waals surface area (Å²) in [7, 11) is 1.79. The Morgan fingerprint density at radius 1 is 1.07 bits per heavy atom. The Morgan fingerprint density at radius 2 is 1.93 bits per heavy atom. The Labute approximate surface area is 178 Å². The standard InChI is InChI=1S/C24H19N3O2S/c1-27-21-10-9-16(13-15(21)8-11-23(27)28)25-24(29)18-14-20(22-7-4-12-30-22)26-19-6-3-2-5-17(18)19/h2-7,9-10,12-14H,8,11H2,1H3,(H,25,29). The van der Waals surface area contributed by atoms with E-state index < -0.39 is 0 Å². The second-order valence-electron chi connectivity index (χ2n) is 7.30. The number of thiophene rings is 1. The van der Waals surface area contributed by atoms with Crippen LogP contribution in [0.5, 0.6) is 0 Å². The second-order valence-corrected chi connectivity index (χ2v) is 8.25. The predicted molar refractivity (Wildman–Crippen MR) is 121 cm³/mol. The molecule has 30 heavy (non-hydrogen) atoms. The second kappa shape index (κ2) is 7.39. The summed E-state index contributed by atoms with van der Waals surface area (Å²) in [5.41, 5.74) is 4.86. The molecule has 0 saturated carbocycles. The first kappa shape index (κ1) is 18.5. The summed E-state index contributed by atoms with van der Waals surface area (Å²) in [4.78, 5) is 32.6. The van der Waals surface area contributed by atoms with Gasteiger partial charge in [-0.25, -0.2) is 4.98 Å². The highest BCUT2D eigenvalue weighted by Crippen LogP contribution is 2.31. The van der Waals surface area contributed by atoms with Gasteiger partial charge in [0.2, 0.25) is 5.91 Å². The lowest BCUT2D eigenvalue weighted by Gasteiger charge is -2.26. The van der Waals surface area contributed by atoms with E-state index in [-0.39, 0.29) is 11.8 Å². The summed E-state index contributed by atoms with van der Waals surface area (Å²) in [6.07, 6.45) is 1.17. The van der Waals surface area contributed by atoms with Crippen LogP contribution in [0.4, 0.5) is 11.4 Å². The Balaban J connectivity index is 1.52. The van der Waals surface area contributed by atoms with E-state index in [0.29, 0.717) is 18.4 Å². The van der Waals surface area contributed by atoms with Crippen molar-refractivity contribution in [2.24, 2.45) is 0 Å². The lowest BCUT2D eigenvalue weighted by Crippen LogP contribution is -2.31. The number of anilines is 2. The molecule has 0 atom stereocenters. The number of carbonyl (C=O) groups excluding carboxylic acids is 2. The fourth-order valence-corrected chi connectivity index (χ4v) is 4.53. The lowest BCUT2D eigenvalue weighted by molar-refractivity contribution is -0.118. The third-order valence-corrected chi connectivity index (χ3v) is 6.31. The van der Waals surface area contributed by atoms with E-state index in [4.69, 9.17) is 4.98 Å². The van der Waals surface area contributed by atoms with Crippen LogP contribution in [0.3, 0.4) is 0 Å². The first-order chi connectivity index (χ1) is 14.6. The molecule has 5 rings (SSSR count). The summed E-state index contributed by atoms with van der Waals surface area (Å²) in [6.45, 7) is 0. The van der Waals surface area contributed by atoms with Crippen LogP contribution in [0.15, 0.2) is 66.0 Å². The smallest absolute Gasteiger partial charge is 0.256 e. The number of pyridine rings is 1. The number of aryl methyl sites for hydroxylation is 1. The van der Waals surface area contributed by atoms with Crippen molar-refractivity contribution in [1.82, 2.24) is 4.98 Å². The molecule has 0 spiro atoms. The quantitative estimate of drug-likeness (QED) is 0.507. The molecule has 1 N–H and O–H groups in total. The van der Waals surface area contributed by atoms with Gasteiger partial charge in [0.25, 0.3) is 5.91 Å². The minimum atomic E-state index is -0.174.